The minimum Gasteiger partial charge on any atom is -0.618 e. The number of carboxylic acids is 1. The number of aliphatic imine (C=N–C) groups is 1. The molecular weight excluding hydrogens is 523 g/mol. The van der Waals surface area contributed by atoms with Gasteiger partial charge >= 0.3 is 5.97 Å². The maximum atomic E-state index is 14.9. The van der Waals surface area contributed by atoms with Gasteiger partial charge in [0.15, 0.2) is 6.20 Å². The maximum absolute atomic E-state index is 14.9. The van der Waals surface area contributed by atoms with Gasteiger partial charge in [-0.25, -0.2) is 9.18 Å². The molecule has 4 aromatic rings. The number of hydrogen-bond donors (Lipinski definition) is 1. The van der Waals surface area contributed by atoms with Crippen molar-refractivity contribution in [1.29, 1.82) is 0 Å². The number of hydrogen-bond acceptors (Lipinski definition) is 6. The van der Waals surface area contributed by atoms with Gasteiger partial charge in [0, 0.05) is 46.1 Å². The number of allylic oxidation sites excluding steroid dienone is 1. The Kier molecular flexibility index (Phi) is 6.40. The third-order valence-electron chi connectivity index (χ3n) is 7.17. The van der Waals surface area contributed by atoms with Crippen molar-refractivity contribution in [2.24, 2.45) is 10.9 Å². The number of tetrazole rings is 1. The number of halogens is 2. The van der Waals surface area contributed by atoms with E-state index in [1.165, 1.54) is 29.3 Å². The molecule has 3 heterocycles. The van der Waals surface area contributed by atoms with Gasteiger partial charge in [0.2, 0.25) is 5.69 Å². The van der Waals surface area contributed by atoms with Crippen LogP contribution in [0.4, 0.5) is 4.39 Å². The van der Waals surface area contributed by atoms with E-state index in [4.69, 9.17) is 11.6 Å². The second kappa shape index (κ2) is 10.0. The smallest absolute Gasteiger partial charge is 0.338 e. The molecule has 0 spiro atoms. The fraction of sp³-hybridized carbons (Fsp3) is 0.214. The second-order valence-corrected chi connectivity index (χ2v) is 10.2. The Morgan fingerprint density at radius 2 is 2.05 bits per heavy atom. The number of rotatable bonds is 8. The number of aromatic nitrogens is 5. The molecule has 6 rings (SSSR count). The molecule has 2 aromatic heterocycles. The summed E-state index contributed by atoms with van der Waals surface area (Å²) in [6.45, 7) is 0. The lowest BCUT2D eigenvalue weighted by Gasteiger charge is -2.18. The highest BCUT2D eigenvalue weighted by molar-refractivity contribution is 6.31. The summed E-state index contributed by atoms with van der Waals surface area (Å²) in [5, 5.41) is 34.6. The van der Waals surface area contributed by atoms with Crippen molar-refractivity contribution in [1.82, 2.24) is 20.2 Å². The molecular formula is C28H22ClFN6O3. The third-order valence-corrected chi connectivity index (χ3v) is 7.40. The van der Waals surface area contributed by atoms with Crippen LogP contribution in [0.2, 0.25) is 5.02 Å². The van der Waals surface area contributed by atoms with E-state index in [1.807, 2.05) is 6.07 Å². The second-order valence-electron chi connectivity index (χ2n) is 9.74. The third kappa shape index (κ3) is 4.90. The first-order chi connectivity index (χ1) is 18.9. The summed E-state index contributed by atoms with van der Waals surface area (Å²) in [6.07, 6.45) is 7.82. The van der Waals surface area contributed by atoms with Gasteiger partial charge in [-0.3, -0.25) is 4.99 Å². The fourth-order valence-electron chi connectivity index (χ4n) is 5.02. The predicted octanol–water partition coefficient (Wildman–Crippen LogP) is 5.22. The van der Waals surface area contributed by atoms with E-state index in [-0.39, 0.29) is 17.0 Å². The molecule has 1 saturated carbocycles. The lowest BCUT2D eigenvalue weighted by atomic mass is 9.88. The highest BCUT2D eigenvalue weighted by atomic mass is 35.5. The SMILES string of the molecule is O=C(O)c1cccc(C2=CN=C(C(CC3CC3)c3ccc(-c4cc(Cl)ccc4-n4cnnn4)c[n+]3[O-])C2)c1F. The number of pyridine rings is 1. The summed E-state index contributed by atoms with van der Waals surface area (Å²) in [7, 11) is 0. The van der Waals surface area contributed by atoms with Crippen LogP contribution in [0.15, 0.2) is 72.2 Å². The first kappa shape index (κ1) is 24.9. The molecule has 0 radical (unpaired) electrons. The van der Waals surface area contributed by atoms with Crippen LogP contribution in [-0.4, -0.2) is 37.0 Å². The lowest BCUT2D eigenvalue weighted by Crippen LogP contribution is -2.35. The zero-order chi connectivity index (χ0) is 27.1. The minimum atomic E-state index is -1.32. The zero-order valence-electron chi connectivity index (χ0n) is 20.5. The fourth-order valence-corrected chi connectivity index (χ4v) is 5.19. The van der Waals surface area contributed by atoms with Gasteiger partial charge < -0.3 is 10.3 Å². The number of aromatic carboxylic acids is 1. The maximum Gasteiger partial charge on any atom is 0.338 e. The molecule has 196 valence electrons. The van der Waals surface area contributed by atoms with Crippen LogP contribution >= 0.6 is 11.6 Å². The Morgan fingerprint density at radius 3 is 2.77 bits per heavy atom. The molecule has 1 unspecified atom stereocenters. The molecule has 0 bridgehead atoms. The Morgan fingerprint density at radius 1 is 1.21 bits per heavy atom. The van der Waals surface area contributed by atoms with Crippen LogP contribution in [0.1, 0.15) is 53.2 Å². The van der Waals surface area contributed by atoms with Crippen LogP contribution in [0, 0.1) is 16.9 Å². The van der Waals surface area contributed by atoms with Crippen LogP contribution < -0.4 is 4.73 Å². The lowest BCUT2D eigenvalue weighted by molar-refractivity contribution is -0.614. The van der Waals surface area contributed by atoms with E-state index >= 15 is 0 Å². The van der Waals surface area contributed by atoms with E-state index in [2.05, 4.69) is 20.5 Å². The van der Waals surface area contributed by atoms with Crippen molar-refractivity contribution in [2.75, 3.05) is 0 Å². The van der Waals surface area contributed by atoms with Crippen molar-refractivity contribution in [3.63, 3.8) is 0 Å². The molecule has 0 amide bonds. The molecule has 2 aliphatic rings. The highest BCUT2D eigenvalue weighted by Crippen LogP contribution is 2.41. The van der Waals surface area contributed by atoms with Crippen LogP contribution in [0.3, 0.4) is 0 Å². The molecule has 1 atom stereocenters. The van der Waals surface area contributed by atoms with Crippen LogP contribution in [-0.2, 0) is 0 Å². The van der Waals surface area contributed by atoms with Crippen molar-refractivity contribution >= 4 is 28.9 Å². The Labute approximate surface area is 227 Å². The molecule has 0 saturated heterocycles. The predicted molar refractivity (Wildman–Crippen MR) is 142 cm³/mol. The van der Waals surface area contributed by atoms with Crippen LogP contribution in [0.25, 0.3) is 22.4 Å². The summed E-state index contributed by atoms with van der Waals surface area (Å²) in [6, 6.07) is 13.2. The van der Waals surface area contributed by atoms with Crippen molar-refractivity contribution < 1.29 is 19.0 Å². The van der Waals surface area contributed by atoms with Gasteiger partial charge in [-0.05, 0) is 58.7 Å². The van der Waals surface area contributed by atoms with E-state index < -0.39 is 11.8 Å². The van der Waals surface area contributed by atoms with Crippen LogP contribution in [0.5, 0.6) is 0 Å². The van der Waals surface area contributed by atoms with Gasteiger partial charge in [0.05, 0.1) is 17.2 Å². The molecule has 9 nitrogen and oxygen atoms in total. The quantitative estimate of drug-likeness (QED) is 0.240. The van der Waals surface area contributed by atoms with Gasteiger partial charge in [-0.2, -0.15) is 9.41 Å². The average Bonchev–Trinajstić information content (AvgIpc) is 3.35. The first-order valence-electron chi connectivity index (χ1n) is 12.4. The summed E-state index contributed by atoms with van der Waals surface area (Å²) in [4.78, 5) is 16.0. The monoisotopic (exact) mass is 544 g/mol. The average molecular weight is 545 g/mol. The van der Waals surface area contributed by atoms with E-state index in [0.29, 0.717) is 45.4 Å². The summed E-state index contributed by atoms with van der Waals surface area (Å²) < 4.78 is 17.3. The largest absolute Gasteiger partial charge is 0.618 e. The van der Waals surface area contributed by atoms with Gasteiger partial charge in [0.25, 0.3) is 0 Å². The van der Waals surface area contributed by atoms with Crippen molar-refractivity contribution in [3.05, 3.63) is 100 Å². The molecule has 2 aromatic carbocycles. The minimum absolute atomic E-state index is 0.209. The molecule has 1 N–H and O–H groups in total. The van der Waals surface area contributed by atoms with Gasteiger partial charge in [-0.15, -0.1) is 5.10 Å². The Balaban J connectivity index is 1.31. The number of carbonyl (C=O) groups is 1. The molecule has 1 aliphatic carbocycles. The molecule has 39 heavy (non-hydrogen) atoms. The summed E-state index contributed by atoms with van der Waals surface area (Å²) in [5.74, 6) is -1.87. The molecule has 1 fully saturated rings. The Bertz CT molecular complexity index is 1650. The number of benzene rings is 2. The van der Waals surface area contributed by atoms with E-state index in [0.717, 1.165) is 29.7 Å². The summed E-state index contributed by atoms with van der Waals surface area (Å²) >= 11 is 6.28. The first-order valence-corrected chi connectivity index (χ1v) is 12.8. The highest BCUT2D eigenvalue weighted by Gasteiger charge is 2.35. The number of nitrogens with zero attached hydrogens (tertiary/aromatic N) is 6. The van der Waals surface area contributed by atoms with Gasteiger partial charge in [0.1, 0.15) is 12.1 Å². The van der Waals surface area contributed by atoms with Gasteiger partial charge in [-0.1, -0.05) is 36.6 Å². The van der Waals surface area contributed by atoms with Crippen molar-refractivity contribution in [3.8, 4) is 16.8 Å². The number of carboxylic acid groups (broad SMARTS) is 1. The van der Waals surface area contributed by atoms with E-state index in [1.54, 1.807) is 36.5 Å². The van der Waals surface area contributed by atoms with E-state index in [9.17, 15) is 19.5 Å². The van der Waals surface area contributed by atoms with Crippen molar-refractivity contribution in [2.45, 2.75) is 31.6 Å². The normalized spacial score (nSPS) is 15.6. The molecule has 1 aliphatic heterocycles. The Hall–Kier alpha value is -4.44. The standard InChI is InChI=1S/C28H22ClFN6O3/c29-19-7-9-25(35-15-32-33-34-35)22(12-19)17-6-8-26(36(39)14-17)23(10-16-4-5-16)24-11-18(13-31-24)20-2-1-3-21(27(20)30)28(37)38/h1-3,6-9,12-16,23H,4-5,10-11H2,(H,37,38). The summed E-state index contributed by atoms with van der Waals surface area (Å²) in [5.41, 5.74) is 3.73. The molecule has 11 heteroatoms. The topological polar surface area (TPSA) is 120 Å². The zero-order valence-corrected chi connectivity index (χ0v) is 21.3.